The minimum atomic E-state index is 0.637. The van der Waals surface area contributed by atoms with Gasteiger partial charge in [-0.25, -0.2) is 0 Å². The van der Waals surface area contributed by atoms with Crippen molar-refractivity contribution >= 4 is 12.3 Å². The number of hydrogen-bond donors (Lipinski definition) is 0. The molecule has 1 aliphatic heterocycles. The molecule has 4 nitrogen and oxygen atoms in total. The molecular formula is C11H6N4. The third-order valence-corrected chi connectivity index (χ3v) is 2.52. The van der Waals surface area contributed by atoms with Crippen molar-refractivity contribution in [2.24, 2.45) is 10.2 Å². The van der Waals surface area contributed by atoms with E-state index in [0.717, 1.165) is 27.4 Å². The molecular weight excluding hydrogens is 188 g/mol. The van der Waals surface area contributed by atoms with Crippen LogP contribution in [0.3, 0.4) is 0 Å². The smallest absolute Gasteiger partial charge is 0.120 e. The molecule has 0 bridgehead atoms. The Morgan fingerprint density at radius 1 is 1.33 bits per heavy atom. The highest BCUT2D eigenvalue weighted by atomic mass is 15.2. The fraction of sp³-hybridized carbons (Fsp3) is 0.0909. The number of aromatic nitrogens is 1. The number of rotatable bonds is 0. The molecule has 70 valence electrons. The first-order chi connectivity index (χ1) is 7.38. The summed E-state index contributed by atoms with van der Waals surface area (Å²) in [5.41, 5.74) is 2.60. The Hall–Kier alpha value is -2.28. The Morgan fingerprint density at radius 3 is 3.13 bits per heavy atom. The summed E-state index contributed by atoms with van der Waals surface area (Å²) in [7, 11) is 0. The van der Waals surface area contributed by atoms with Gasteiger partial charge in [-0.3, -0.25) is 4.98 Å². The van der Waals surface area contributed by atoms with Gasteiger partial charge in [0.15, 0.2) is 0 Å². The molecule has 3 rings (SSSR count). The maximum Gasteiger partial charge on any atom is 0.120 e. The number of hydrogen-bond acceptors (Lipinski definition) is 4. The topological polar surface area (TPSA) is 61.4 Å². The first kappa shape index (κ1) is 8.06. The second-order valence-corrected chi connectivity index (χ2v) is 3.42. The van der Waals surface area contributed by atoms with E-state index in [0.29, 0.717) is 6.42 Å². The van der Waals surface area contributed by atoms with Crippen LogP contribution in [0.15, 0.2) is 28.0 Å². The summed E-state index contributed by atoms with van der Waals surface area (Å²) in [5, 5.41) is 18.5. The molecule has 0 unspecified atom stereocenters. The van der Waals surface area contributed by atoms with Crippen molar-refractivity contribution < 1.29 is 0 Å². The van der Waals surface area contributed by atoms with Crippen LogP contribution >= 0.6 is 0 Å². The normalized spacial score (nSPS) is 15.5. The van der Waals surface area contributed by atoms with Gasteiger partial charge in [-0.2, -0.15) is 10.4 Å². The molecule has 0 amide bonds. The van der Waals surface area contributed by atoms with Gasteiger partial charge in [0.25, 0.3) is 0 Å². The van der Waals surface area contributed by atoms with Crippen molar-refractivity contribution in [2.45, 2.75) is 6.42 Å². The van der Waals surface area contributed by atoms with Crippen LogP contribution in [-0.2, 0) is 6.42 Å². The predicted molar refractivity (Wildman–Crippen MR) is 54.5 cm³/mol. The van der Waals surface area contributed by atoms with Gasteiger partial charge in [-0.05, 0) is 11.6 Å². The molecule has 2 heterocycles. The molecule has 4 heteroatoms. The molecule has 1 aliphatic carbocycles. The predicted octanol–water partition coefficient (Wildman–Crippen LogP) is -0.165. The lowest BCUT2D eigenvalue weighted by molar-refractivity contribution is 1.06. The van der Waals surface area contributed by atoms with E-state index in [-0.39, 0.29) is 0 Å². The summed E-state index contributed by atoms with van der Waals surface area (Å²) in [6.45, 7) is 0. The summed E-state index contributed by atoms with van der Waals surface area (Å²) in [6, 6.07) is 2.15. The number of pyridine rings is 1. The largest absolute Gasteiger partial charge is 0.252 e. The first-order valence-electron chi connectivity index (χ1n) is 4.58. The van der Waals surface area contributed by atoms with E-state index in [1.54, 1.807) is 12.4 Å². The number of nitriles is 1. The molecule has 0 radical (unpaired) electrons. The second kappa shape index (κ2) is 2.85. The van der Waals surface area contributed by atoms with Gasteiger partial charge >= 0.3 is 0 Å². The molecule has 2 aliphatic rings. The van der Waals surface area contributed by atoms with Crippen LogP contribution in [0.5, 0.6) is 0 Å². The van der Waals surface area contributed by atoms with E-state index in [2.05, 4.69) is 21.3 Å². The van der Waals surface area contributed by atoms with E-state index < -0.39 is 0 Å². The van der Waals surface area contributed by atoms with Crippen molar-refractivity contribution in [1.82, 2.24) is 4.98 Å². The third-order valence-electron chi connectivity index (χ3n) is 2.52. The Balaban J connectivity index is 2.36. The van der Waals surface area contributed by atoms with Crippen LogP contribution in [0.25, 0.3) is 6.08 Å². The highest BCUT2D eigenvalue weighted by Crippen LogP contribution is 2.06. The van der Waals surface area contributed by atoms with Gasteiger partial charge in [0.1, 0.15) is 11.1 Å². The molecule has 1 aromatic rings. The van der Waals surface area contributed by atoms with Crippen LogP contribution in [0.1, 0.15) is 11.3 Å². The maximum atomic E-state index is 8.80. The zero-order chi connectivity index (χ0) is 10.3. The summed E-state index contributed by atoms with van der Waals surface area (Å²) in [5.74, 6) is 0. The number of nitrogens with zero attached hydrogens (tertiary/aromatic N) is 4. The molecule has 0 saturated carbocycles. The van der Waals surface area contributed by atoms with Gasteiger partial charge in [-0.1, -0.05) is 6.08 Å². The van der Waals surface area contributed by atoms with Gasteiger partial charge in [0, 0.05) is 23.4 Å². The van der Waals surface area contributed by atoms with Gasteiger partial charge in [0.2, 0.25) is 0 Å². The highest BCUT2D eigenvalue weighted by Gasteiger charge is 2.11. The first-order valence-corrected chi connectivity index (χ1v) is 4.58. The number of allylic oxidation sites excluding steroid dienone is 2. The lowest BCUT2D eigenvalue weighted by Gasteiger charge is -2.05. The van der Waals surface area contributed by atoms with Crippen LogP contribution < -0.4 is 10.6 Å². The summed E-state index contributed by atoms with van der Waals surface area (Å²) >= 11 is 0. The second-order valence-electron chi connectivity index (χ2n) is 3.42. The van der Waals surface area contributed by atoms with Crippen molar-refractivity contribution in [3.63, 3.8) is 0 Å². The average Bonchev–Trinajstić information content (AvgIpc) is 2.76. The Bertz CT molecular complexity index is 659. The molecule has 0 atom stereocenters. The molecule has 1 aromatic heterocycles. The van der Waals surface area contributed by atoms with E-state index in [1.807, 2.05) is 12.2 Å². The number of fused-ring (bicyclic) bond motifs is 3. The minimum absolute atomic E-state index is 0.637. The molecule has 0 spiro atoms. The summed E-state index contributed by atoms with van der Waals surface area (Å²) < 4.78 is 0. The van der Waals surface area contributed by atoms with E-state index in [1.165, 1.54) is 0 Å². The van der Waals surface area contributed by atoms with Crippen molar-refractivity contribution in [3.05, 3.63) is 39.7 Å². The minimum Gasteiger partial charge on any atom is -0.252 e. The monoisotopic (exact) mass is 194 g/mol. The molecule has 15 heavy (non-hydrogen) atoms. The SMILES string of the molecule is N#CC1=CC=c2c(cnc3c2=NN=C3)C1. The van der Waals surface area contributed by atoms with Gasteiger partial charge in [0.05, 0.1) is 12.3 Å². The highest BCUT2D eigenvalue weighted by molar-refractivity contribution is 5.78. The van der Waals surface area contributed by atoms with Crippen LogP contribution in [0.2, 0.25) is 0 Å². The van der Waals surface area contributed by atoms with Crippen molar-refractivity contribution in [3.8, 4) is 6.07 Å². The lowest BCUT2D eigenvalue weighted by Crippen LogP contribution is -2.33. The zero-order valence-electron chi connectivity index (χ0n) is 7.81. The van der Waals surface area contributed by atoms with Gasteiger partial charge in [-0.15, -0.1) is 5.10 Å². The van der Waals surface area contributed by atoms with Crippen molar-refractivity contribution in [1.29, 1.82) is 5.26 Å². The van der Waals surface area contributed by atoms with Crippen LogP contribution in [0.4, 0.5) is 0 Å². The third kappa shape index (κ3) is 1.10. The zero-order valence-corrected chi connectivity index (χ0v) is 7.81. The summed E-state index contributed by atoms with van der Waals surface area (Å²) in [6.07, 6.45) is 7.82. The Morgan fingerprint density at radius 2 is 2.27 bits per heavy atom. The average molecular weight is 194 g/mol. The van der Waals surface area contributed by atoms with Crippen molar-refractivity contribution in [2.75, 3.05) is 0 Å². The maximum absolute atomic E-state index is 8.80. The van der Waals surface area contributed by atoms with Crippen LogP contribution in [0, 0.1) is 11.3 Å². The molecule has 0 saturated heterocycles. The standard InChI is InChI=1S/C11H6N4/c12-4-7-1-2-9-8(3-7)5-13-10-6-14-15-11(9)10/h1-2,5-6H,3H2. The molecule has 0 fully saturated rings. The quantitative estimate of drug-likeness (QED) is 0.576. The van der Waals surface area contributed by atoms with E-state index in [9.17, 15) is 0 Å². The Kier molecular flexibility index (Phi) is 1.53. The van der Waals surface area contributed by atoms with E-state index >= 15 is 0 Å². The Labute approximate surface area is 85.6 Å². The molecule has 0 aromatic carbocycles. The summed E-state index contributed by atoms with van der Waals surface area (Å²) in [4.78, 5) is 4.24. The lowest BCUT2D eigenvalue weighted by atomic mass is 10.00. The molecule has 0 N–H and O–H groups in total. The fourth-order valence-corrected chi connectivity index (χ4v) is 1.76. The van der Waals surface area contributed by atoms with Crippen LogP contribution in [-0.4, -0.2) is 11.2 Å². The van der Waals surface area contributed by atoms with Gasteiger partial charge < -0.3 is 0 Å². The fourth-order valence-electron chi connectivity index (χ4n) is 1.76. The van der Waals surface area contributed by atoms with E-state index in [4.69, 9.17) is 5.26 Å².